The van der Waals surface area contributed by atoms with E-state index in [-0.39, 0.29) is 0 Å². The Balaban J connectivity index is 1.87. The highest BCUT2D eigenvalue weighted by Gasteiger charge is 2.49. The fourth-order valence-corrected chi connectivity index (χ4v) is 5.38. The highest BCUT2D eigenvalue weighted by Crippen LogP contribution is 2.32. The van der Waals surface area contributed by atoms with E-state index >= 15 is 0 Å². The Labute approximate surface area is 204 Å². The Morgan fingerprint density at radius 3 is 1.91 bits per heavy atom. The Morgan fingerprint density at radius 2 is 1.41 bits per heavy atom. The third kappa shape index (κ3) is 7.45. The normalized spacial score (nSPS) is 25.1. The van der Waals surface area contributed by atoms with E-state index in [1.54, 1.807) is 19.3 Å². The van der Waals surface area contributed by atoms with Crippen LogP contribution in [0.5, 0.6) is 0 Å². The van der Waals surface area contributed by atoms with E-state index in [9.17, 15) is 0 Å². The Hall–Kier alpha value is -2.10. The van der Waals surface area contributed by atoms with Crippen LogP contribution in [0.4, 0.5) is 0 Å². The van der Waals surface area contributed by atoms with Crippen LogP contribution in [0, 0.1) is 0 Å². The lowest BCUT2D eigenvalue weighted by Gasteiger charge is -2.46. The molecule has 6 nitrogen and oxygen atoms in total. The van der Waals surface area contributed by atoms with Crippen LogP contribution in [0.25, 0.3) is 0 Å². The molecule has 0 radical (unpaired) electrons. The molecule has 1 saturated heterocycles. The SMILES string of the molecule is C=CCO[Si](C)(C)O[C@H]1[C@H](OCc2ccccc2)[C@@H](OCc2ccccc2)[C@@H](OC)O[C@@H]1C=C. The summed E-state index contributed by atoms with van der Waals surface area (Å²) in [7, 11) is -0.942. The molecule has 0 bridgehead atoms. The predicted octanol–water partition coefficient (Wildman–Crippen LogP) is 5.00. The zero-order chi connectivity index (χ0) is 24.4. The Morgan fingerprint density at radius 1 is 0.853 bits per heavy atom. The van der Waals surface area contributed by atoms with Gasteiger partial charge < -0.3 is 27.8 Å². The number of ether oxygens (including phenoxy) is 4. The van der Waals surface area contributed by atoms with Crippen molar-refractivity contribution in [3.05, 3.63) is 97.1 Å². The summed E-state index contributed by atoms with van der Waals surface area (Å²) in [6.45, 7) is 12.9. The largest absolute Gasteiger partial charge is 0.391 e. The van der Waals surface area contributed by atoms with Crippen LogP contribution in [0.1, 0.15) is 11.1 Å². The molecule has 2 aromatic rings. The monoisotopic (exact) mass is 484 g/mol. The third-order valence-corrected chi connectivity index (χ3v) is 7.24. The summed E-state index contributed by atoms with van der Waals surface area (Å²) >= 11 is 0. The first-order chi connectivity index (χ1) is 16.5. The summed E-state index contributed by atoms with van der Waals surface area (Å²) in [5.74, 6) is 0. The molecule has 34 heavy (non-hydrogen) atoms. The maximum absolute atomic E-state index is 6.57. The van der Waals surface area contributed by atoms with Gasteiger partial charge in [0.1, 0.15) is 24.4 Å². The van der Waals surface area contributed by atoms with Gasteiger partial charge in [-0.25, -0.2) is 0 Å². The van der Waals surface area contributed by atoms with Gasteiger partial charge in [-0.3, -0.25) is 0 Å². The van der Waals surface area contributed by atoms with E-state index in [0.717, 1.165) is 11.1 Å². The quantitative estimate of drug-likeness (QED) is 0.294. The van der Waals surface area contributed by atoms with E-state index in [4.69, 9.17) is 27.8 Å². The molecule has 0 N–H and O–H groups in total. The molecule has 1 heterocycles. The van der Waals surface area contributed by atoms with E-state index in [1.165, 1.54) is 0 Å². The fraction of sp³-hybridized carbons (Fsp3) is 0.407. The summed E-state index contributed by atoms with van der Waals surface area (Å²) < 4.78 is 37.3. The van der Waals surface area contributed by atoms with Gasteiger partial charge in [0.05, 0.1) is 19.8 Å². The third-order valence-electron chi connectivity index (χ3n) is 5.53. The number of hydrogen-bond acceptors (Lipinski definition) is 6. The maximum atomic E-state index is 6.57. The second-order valence-corrected chi connectivity index (χ2v) is 11.9. The molecule has 0 spiro atoms. The number of benzene rings is 2. The first kappa shape index (κ1) is 26.5. The first-order valence-corrected chi connectivity index (χ1v) is 14.3. The number of hydrogen-bond donors (Lipinski definition) is 0. The van der Waals surface area contributed by atoms with E-state index in [0.29, 0.717) is 19.8 Å². The van der Waals surface area contributed by atoms with Gasteiger partial charge in [-0.2, -0.15) is 0 Å². The fourth-order valence-electron chi connectivity index (χ4n) is 3.87. The topological polar surface area (TPSA) is 55.4 Å². The van der Waals surface area contributed by atoms with Crippen LogP contribution in [0.2, 0.25) is 13.1 Å². The summed E-state index contributed by atoms with van der Waals surface area (Å²) in [5, 5.41) is 0. The van der Waals surface area contributed by atoms with Gasteiger partial charge in [-0.1, -0.05) is 72.8 Å². The van der Waals surface area contributed by atoms with Crippen molar-refractivity contribution in [1.82, 2.24) is 0 Å². The van der Waals surface area contributed by atoms with Crippen LogP contribution in [-0.2, 0) is 41.0 Å². The van der Waals surface area contributed by atoms with Gasteiger partial charge in [-0.15, -0.1) is 13.2 Å². The lowest BCUT2D eigenvalue weighted by Crippen LogP contribution is -2.62. The van der Waals surface area contributed by atoms with Crippen molar-refractivity contribution >= 4 is 8.56 Å². The molecule has 0 amide bonds. The molecule has 0 saturated carbocycles. The molecule has 7 heteroatoms. The summed E-state index contributed by atoms with van der Waals surface area (Å²) in [6, 6.07) is 20.0. The van der Waals surface area contributed by atoms with Crippen LogP contribution >= 0.6 is 0 Å². The van der Waals surface area contributed by atoms with Crippen molar-refractivity contribution in [3.63, 3.8) is 0 Å². The molecular formula is C27H36O6Si. The van der Waals surface area contributed by atoms with Crippen molar-refractivity contribution in [2.24, 2.45) is 0 Å². The van der Waals surface area contributed by atoms with Crippen molar-refractivity contribution < 1.29 is 27.8 Å². The molecule has 5 atom stereocenters. The Kier molecular flexibility index (Phi) is 10.2. The molecule has 0 aromatic heterocycles. The molecule has 1 aliphatic heterocycles. The van der Waals surface area contributed by atoms with Gasteiger partial charge in [0.25, 0.3) is 0 Å². The molecular weight excluding hydrogens is 448 g/mol. The minimum absolute atomic E-state index is 0.388. The molecule has 0 unspecified atom stereocenters. The highest BCUT2D eigenvalue weighted by atomic mass is 28.4. The lowest BCUT2D eigenvalue weighted by molar-refractivity contribution is -0.300. The smallest absolute Gasteiger partial charge is 0.332 e. The minimum atomic E-state index is -2.54. The minimum Gasteiger partial charge on any atom is -0.391 e. The summed E-state index contributed by atoms with van der Waals surface area (Å²) in [5.41, 5.74) is 2.10. The zero-order valence-electron chi connectivity index (χ0n) is 20.3. The molecule has 2 aromatic carbocycles. The summed E-state index contributed by atoms with van der Waals surface area (Å²) in [6.07, 6.45) is 0.842. The van der Waals surface area contributed by atoms with Gasteiger partial charge >= 0.3 is 8.56 Å². The van der Waals surface area contributed by atoms with Gasteiger partial charge in [-0.05, 0) is 24.2 Å². The zero-order valence-corrected chi connectivity index (χ0v) is 21.3. The van der Waals surface area contributed by atoms with Crippen molar-refractivity contribution in [2.75, 3.05) is 13.7 Å². The number of rotatable bonds is 13. The molecule has 1 aliphatic rings. The average Bonchev–Trinajstić information content (AvgIpc) is 2.86. The molecule has 3 rings (SSSR count). The van der Waals surface area contributed by atoms with Crippen molar-refractivity contribution in [3.8, 4) is 0 Å². The second-order valence-electron chi connectivity index (χ2n) is 8.54. The molecule has 184 valence electrons. The van der Waals surface area contributed by atoms with E-state index < -0.39 is 39.3 Å². The van der Waals surface area contributed by atoms with E-state index in [2.05, 4.69) is 13.2 Å². The van der Waals surface area contributed by atoms with Crippen molar-refractivity contribution in [2.45, 2.75) is 57.0 Å². The molecule has 0 aliphatic carbocycles. The van der Waals surface area contributed by atoms with E-state index in [1.807, 2.05) is 73.8 Å². The van der Waals surface area contributed by atoms with Crippen LogP contribution in [0.15, 0.2) is 86.0 Å². The predicted molar refractivity (Wildman–Crippen MR) is 134 cm³/mol. The van der Waals surface area contributed by atoms with Crippen LogP contribution in [0.3, 0.4) is 0 Å². The lowest BCUT2D eigenvalue weighted by atomic mass is 9.98. The Bertz CT molecular complexity index is 875. The standard InChI is InChI=1S/C27H36O6Si/c1-6-18-31-34(4,5)33-24-23(7-2)32-27(28-3)26(30-20-22-16-12-9-13-17-22)25(24)29-19-21-14-10-8-11-15-21/h6-17,23-27H,1-2,18-20H2,3-5H3/t23-,24-,25+,26-,27+/m1/s1. The number of methoxy groups -OCH3 is 1. The van der Waals surface area contributed by atoms with Crippen LogP contribution in [-0.4, -0.2) is 53.0 Å². The van der Waals surface area contributed by atoms with Crippen molar-refractivity contribution in [1.29, 1.82) is 0 Å². The summed E-state index contributed by atoms with van der Waals surface area (Å²) in [4.78, 5) is 0. The first-order valence-electron chi connectivity index (χ1n) is 11.5. The average molecular weight is 485 g/mol. The van der Waals surface area contributed by atoms with Gasteiger partial charge in [0, 0.05) is 7.11 Å². The second kappa shape index (κ2) is 13.1. The highest BCUT2D eigenvalue weighted by molar-refractivity contribution is 6.64. The van der Waals surface area contributed by atoms with Gasteiger partial charge in [0.15, 0.2) is 6.29 Å². The molecule has 1 fully saturated rings. The maximum Gasteiger partial charge on any atom is 0.332 e. The van der Waals surface area contributed by atoms with Crippen LogP contribution < -0.4 is 0 Å². The van der Waals surface area contributed by atoms with Gasteiger partial charge in [0.2, 0.25) is 0 Å².